The second kappa shape index (κ2) is 7.02. The minimum Gasteiger partial charge on any atom is -0.326 e. The summed E-state index contributed by atoms with van der Waals surface area (Å²) in [6, 6.07) is 1.06. The summed E-state index contributed by atoms with van der Waals surface area (Å²) in [5, 5.41) is 0. The average Bonchev–Trinajstić information content (AvgIpc) is 2.41. The van der Waals surface area contributed by atoms with E-state index >= 15 is 0 Å². The Morgan fingerprint density at radius 3 is 2.11 bits per heavy atom. The fourth-order valence-corrected chi connectivity index (χ4v) is 3.34. The Kier molecular flexibility index (Phi) is 5.63. The maximum atomic E-state index is 6.46. The molecule has 2 fully saturated rings. The molecule has 0 radical (unpaired) electrons. The van der Waals surface area contributed by atoms with Gasteiger partial charge >= 0.3 is 0 Å². The first-order valence-corrected chi connectivity index (χ1v) is 7.97. The molecule has 0 spiro atoms. The smallest absolute Gasteiger partial charge is 0.0197 e. The van der Waals surface area contributed by atoms with E-state index in [-0.39, 0.29) is 0 Å². The topological polar surface area (TPSA) is 35.7 Å². The number of likely N-dealkylation sites (N-methyl/N-ethyl adjacent to an activating group) is 1. The van der Waals surface area contributed by atoms with Crippen LogP contribution >= 0.6 is 0 Å². The molecule has 0 aromatic heterocycles. The summed E-state index contributed by atoms with van der Waals surface area (Å²) in [6.07, 6.45) is 2.57. The van der Waals surface area contributed by atoms with Crippen LogP contribution in [0.25, 0.3) is 0 Å². The third kappa shape index (κ3) is 4.42. The second-order valence-electron chi connectivity index (χ2n) is 6.73. The van der Waals surface area contributed by atoms with Gasteiger partial charge in [0.2, 0.25) is 0 Å². The molecule has 112 valence electrons. The molecule has 1 unspecified atom stereocenters. The van der Waals surface area contributed by atoms with Gasteiger partial charge in [-0.25, -0.2) is 0 Å². The van der Waals surface area contributed by atoms with Gasteiger partial charge in [0.05, 0.1) is 0 Å². The number of hydrogen-bond donors (Lipinski definition) is 1. The lowest BCUT2D eigenvalue weighted by Gasteiger charge is -2.39. The molecule has 0 aromatic carbocycles. The third-order valence-corrected chi connectivity index (χ3v) is 4.97. The molecule has 0 aromatic rings. The zero-order valence-corrected chi connectivity index (χ0v) is 13.0. The molecule has 19 heavy (non-hydrogen) atoms. The van der Waals surface area contributed by atoms with Gasteiger partial charge in [-0.3, -0.25) is 4.90 Å². The molecular formula is C15H32N4. The highest BCUT2D eigenvalue weighted by molar-refractivity contribution is 4.84. The van der Waals surface area contributed by atoms with Gasteiger partial charge in [0.1, 0.15) is 0 Å². The molecule has 1 atom stereocenters. The zero-order valence-electron chi connectivity index (χ0n) is 13.0. The Morgan fingerprint density at radius 1 is 1.00 bits per heavy atom. The van der Waals surface area contributed by atoms with Crippen LogP contribution in [0.4, 0.5) is 0 Å². The number of piperidine rings is 1. The van der Waals surface area contributed by atoms with Gasteiger partial charge in [-0.2, -0.15) is 0 Å². The van der Waals surface area contributed by atoms with Gasteiger partial charge in [0, 0.05) is 44.8 Å². The summed E-state index contributed by atoms with van der Waals surface area (Å²) in [7, 11) is 2.21. The van der Waals surface area contributed by atoms with Crippen LogP contribution in [0.15, 0.2) is 0 Å². The van der Waals surface area contributed by atoms with Crippen LogP contribution in [0.1, 0.15) is 26.7 Å². The van der Waals surface area contributed by atoms with Crippen molar-refractivity contribution < 1.29 is 0 Å². The maximum Gasteiger partial charge on any atom is 0.0197 e. The van der Waals surface area contributed by atoms with Crippen LogP contribution < -0.4 is 5.73 Å². The van der Waals surface area contributed by atoms with Crippen molar-refractivity contribution in [1.82, 2.24) is 14.7 Å². The van der Waals surface area contributed by atoms with Gasteiger partial charge in [-0.1, -0.05) is 0 Å². The second-order valence-corrected chi connectivity index (χ2v) is 6.73. The van der Waals surface area contributed by atoms with Crippen molar-refractivity contribution in [2.24, 2.45) is 11.7 Å². The lowest BCUT2D eigenvalue weighted by Crippen LogP contribution is -2.52. The molecule has 2 heterocycles. The van der Waals surface area contributed by atoms with Crippen molar-refractivity contribution in [2.75, 3.05) is 52.9 Å². The fourth-order valence-electron chi connectivity index (χ4n) is 3.34. The van der Waals surface area contributed by atoms with E-state index in [9.17, 15) is 0 Å². The SMILES string of the molecule is CC(C)N1CCC(C(N)CN2CCN(C)CC2)CC1. The number of nitrogens with two attached hydrogens (primary N) is 1. The van der Waals surface area contributed by atoms with Crippen LogP contribution in [0.2, 0.25) is 0 Å². The van der Waals surface area contributed by atoms with Gasteiger partial charge in [0.15, 0.2) is 0 Å². The van der Waals surface area contributed by atoms with E-state index in [0.717, 1.165) is 12.5 Å². The average molecular weight is 268 g/mol. The first-order valence-electron chi connectivity index (χ1n) is 7.97. The van der Waals surface area contributed by atoms with Gasteiger partial charge in [0.25, 0.3) is 0 Å². The Balaban J connectivity index is 1.71. The third-order valence-electron chi connectivity index (χ3n) is 4.97. The highest BCUT2D eigenvalue weighted by Crippen LogP contribution is 2.21. The number of hydrogen-bond acceptors (Lipinski definition) is 4. The van der Waals surface area contributed by atoms with Gasteiger partial charge in [-0.05, 0) is 52.7 Å². The van der Waals surface area contributed by atoms with Crippen LogP contribution in [0.3, 0.4) is 0 Å². The molecule has 2 saturated heterocycles. The van der Waals surface area contributed by atoms with Crippen molar-refractivity contribution in [1.29, 1.82) is 0 Å². The molecule has 4 nitrogen and oxygen atoms in total. The number of rotatable bonds is 4. The Labute approximate surface area is 118 Å². The normalized spacial score (nSPS) is 27.0. The summed E-state index contributed by atoms with van der Waals surface area (Å²) in [5.41, 5.74) is 6.46. The zero-order chi connectivity index (χ0) is 13.8. The predicted octanol–water partition coefficient (Wildman–Crippen LogP) is 0.682. The van der Waals surface area contributed by atoms with Crippen molar-refractivity contribution >= 4 is 0 Å². The quantitative estimate of drug-likeness (QED) is 0.813. The standard InChI is InChI=1S/C15H32N4/c1-13(2)19-6-4-14(5-7-19)15(16)12-18-10-8-17(3)9-11-18/h13-15H,4-12,16H2,1-3H3. The number of likely N-dealkylation sites (tertiary alicyclic amines) is 1. The maximum absolute atomic E-state index is 6.46. The monoisotopic (exact) mass is 268 g/mol. The van der Waals surface area contributed by atoms with Gasteiger partial charge < -0.3 is 15.5 Å². The van der Waals surface area contributed by atoms with Crippen molar-refractivity contribution in [3.05, 3.63) is 0 Å². The Hall–Kier alpha value is -0.160. The van der Waals surface area contributed by atoms with Crippen LogP contribution in [0.5, 0.6) is 0 Å². The number of nitrogens with zero attached hydrogens (tertiary/aromatic N) is 3. The molecule has 0 amide bonds. The molecule has 0 bridgehead atoms. The predicted molar refractivity (Wildman–Crippen MR) is 81.3 cm³/mol. The fraction of sp³-hybridized carbons (Fsp3) is 1.00. The highest BCUT2D eigenvalue weighted by Gasteiger charge is 2.27. The lowest BCUT2D eigenvalue weighted by molar-refractivity contribution is 0.106. The summed E-state index contributed by atoms with van der Waals surface area (Å²) in [6.45, 7) is 12.9. The van der Waals surface area contributed by atoms with E-state index in [0.29, 0.717) is 12.1 Å². The van der Waals surface area contributed by atoms with Crippen LogP contribution in [-0.2, 0) is 0 Å². The van der Waals surface area contributed by atoms with Crippen LogP contribution in [-0.4, -0.2) is 79.6 Å². The molecular weight excluding hydrogens is 236 g/mol. The van der Waals surface area contributed by atoms with E-state index in [1.165, 1.54) is 52.1 Å². The highest BCUT2D eigenvalue weighted by atomic mass is 15.2. The molecule has 2 aliphatic heterocycles. The van der Waals surface area contributed by atoms with E-state index < -0.39 is 0 Å². The van der Waals surface area contributed by atoms with Crippen molar-refractivity contribution in [3.8, 4) is 0 Å². The summed E-state index contributed by atoms with van der Waals surface area (Å²) in [4.78, 5) is 7.54. The minimum atomic E-state index is 0.373. The summed E-state index contributed by atoms with van der Waals surface area (Å²) >= 11 is 0. The summed E-state index contributed by atoms with van der Waals surface area (Å²) < 4.78 is 0. The lowest BCUT2D eigenvalue weighted by atomic mass is 9.89. The molecule has 0 saturated carbocycles. The van der Waals surface area contributed by atoms with Crippen LogP contribution in [0, 0.1) is 5.92 Å². The van der Waals surface area contributed by atoms with E-state index in [2.05, 4.69) is 35.6 Å². The number of piperazine rings is 1. The largest absolute Gasteiger partial charge is 0.326 e. The Bertz CT molecular complexity index is 253. The first kappa shape index (κ1) is 15.2. The first-order chi connectivity index (χ1) is 9.06. The molecule has 2 aliphatic rings. The molecule has 0 aliphatic carbocycles. The van der Waals surface area contributed by atoms with E-state index in [4.69, 9.17) is 5.73 Å². The van der Waals surface area contributed by atoms with E-state index in [1.54, 1.807) is 0 Å². The molecule has 2 N–H and O–H groups in total. The summed E-state index contributed by atoms with van der Waals surface area (Å²) in [5.74, 6) is 0.731. The van der Waals surface area contributed by atoms with Crippen molar-refractivity contribution in [3.63, 3.8) is 0 Å². The van der Waals surface area contributed by atoms with E-state index in [1.807, 2.05) is 0 Å². The molecule has 2 rings (SSSR count). The van der Waals surface area contributed by atoms with Gasteiger partial charge in [-0.15, -0.1) is 0 Å². The minimum absolute atomic E-state index is 0.373. The Morgan fingerprint density at radius 2 is 1.58 bits per heavy atom. The van der Waals surface area contributed by atoms with Crippen molar-refractivity contribution in [2.45, 2.75) is 38.8 Å². The molecule has 4 heteroatoms.